The third kappa shape index (κ3) is 2.01. The van der Waals surface area contributed by atoms with Crippen LogP contribution in [0, 0.1) is 11.8 Å². The lowest BCUT2D eigenvalue weighted by Crippen LogP contribution is -2.49. The van der Waals surface area contributed by atoms with Crippen LogP contribution in [0.15, 0.2) is 36.5 Å². The van der Waals surface area contributed by atoms with Crippen molar-refractivity contribution in [2.24, 2.45) is 11.8 Å². The van der Waals surface area contributed by atoms with E-state index < -0.39 is 12.3 Å². The first-order valence-corrected chi connectivity index (χ1v) is 10.4. The number of piperidine rings is 1. The summed E-state index contributed by atoms with van der Waals surface area (Å²) in [7, 11) is 0. The van der Waals surface area contributed by atoms with Gasteiger partial charge in [-0.05, 0) is 41.0 Å². The second-order valence-corrected chi connectivity index (χ2v) is 8.91. The summed E-state index contributed by atoms with van der Waals surface area (Å²) in [6, 6.07) is 10.3. The first-order valence-electron chi connectivity index (χ1n) is 10.4. The number of rotatable bonds is 1. The highest BCUT2D eigenvalue weighted by Gasteiger charge is 2.60. The summed E-state index contributed by atoms with van der Waals surface area (Å²) >= 11 is 0. The minimum absolute atomic E-state index is 0.0120. The van der Waals surface area contributed by atoms with Gasteiger partial charge in [0.25, 0.3) is 5.91 Å². The van der Waals surface area contributed by atoms with E-state index >= 15 is 0 Å². The topological polar surface area (TPSA) is 114 Å². The van der Waals surface area contributed by atoms with Crippen molar-refractivity contribution in [3.63, 3.8) is 0 Å². The SMILES string of the molecule is O=C1NCc2cc3c(cc21)[C@@H]1[C@@H](C2CN1C(O)[C@H]2O)[C@H](c1ccc2[nH]ncc2c1)N3. The summed E-state index contributed by atoms with van der Waals surface area (Å²) < 4.78 is 0. The minimum atomic E-state index is -0.874. The molecule has 0 spiro atoms. The first kappa shape index (κ1) is 16.8. The molecule has 7 atom stereocenters. The molecule has 2 saturated heterocycles. The van der Waals surface area contributed by atoms with Crippen molar-refractivity contribution in [3.8, 4) is 0 Å². The number of carbonyl (C=O) groups is 1. The lowest BCUT2D eigenvalue weighted by atomic mass is 9.71. The molecule has 1 aromatic heterocycles. The van der Waals surface area contributed by atoms with Crippen LogP contribution in [-0.2, 0) is 6.54 Å². The van der Waals surface area contributed by atoms with E-state index in [0.717, 1.165) is 33.3 Å². The van der Waals surface area contributed by atoms with Gasteiger partial charge in [0.2, 0.25) is 0 Å². The quantitative estimate of drug-likeness (QED) is 0.418. The Morgan fingerprint density at radius 1 is 1.17 bits per heavy atom. The van der Waals surface area contributed by atoms with Crippen LogP contribution in [0.1, 0.15) is 39.1 Å². The third-order valence-corrected chi connectivity index (χ3v) is 7.52. The molecule has 30 heavy (non-hydrogen) atoms. The highest BCUT2D eigenvalue weighted by Crippen LogP contribution is 2.58. The predicted octanol–water partition coefficient (Wildman–Crippen LogP) is 1.26. The number of nitrogens with one attached hydrogen (secondary N) is 3. The van der Waals surface area contributed by atoms with Gasteiger partial charge in [-0.25, -0.2) is 0 Å². The Labute approximate surface area is 171 Å². The summed E-state index contributed by atoms with van der Waals surface area (Å²) in [5.74, 6) is -0.00355. The zero-order valence-electron chi connectivity index (χ0n) is 16.0. The lowest BCUT2D eigenvalue weighted by Gasteiger charge is -2.46. The van der Waals surface area contributed by atoms with Crippen molar-refractivity contribution in [2.75, 3.05) is 11.9 Å². The summed E-state index contributed by atoms with van der Waals surface area (Å²) in [5.41, 5.74) is 5.86. The Morgan fingerprint density at radius 2 is 2.07 bits per heavy atom. The van der Waals surface area contributed by atoms with E-state index in [-0.39, 0.29) is 29.8 Å². The molecule has 8 nitrogen and oxygen atoms in total. The van der Waals surface area contributed by atoms with Gasteiger partial charge in [0.15, 0.2) is 0 Å². The van der Waals surface area contributed by atoms with E-state index in [1.165, 1.54) is 0 Å². The Balaban J connectivity index is 1.41. The van der Waals surface area contributed by atoms with Crippen LogP contribution in [0.25, 0.3) is 10.9 Å². The fourth-order valence-electron chi connectivity index (χ4n) is 6.16. The van der Waals surface area contributed by atoms with Gasteiger partial charge in [0.05, 0.1) is 23.9 Å². The average Bonchev–Trinajstić information content (AvgIpc) is 3.51. The molecule has 5 heterocycles. The molecule has 0 saturated carbocycles. The van der Waals surface area contributed by atoms with Gasteiger partial charge >= 0.3 is 0 Å². The Morgan fingerprint density at radius 3 is 2.97 bits per heavy atom. The normalized spacial score (nSPS) is 35.7. The molecule has 4 aliphatic heterocycles. The van der Waals surface area contributed by atoms with E-state index in [4.69, 9.17) is 0 Å². The van der Waals surface area contributed by atoms with Crippen LogP contribution in [0.5, 0.6) is 0 Å². The van der Waals surface area contributed by atoms with E-state index in [1.54, 1.807) is 0 Å². The molecule has 3 aromatic rings. The van der Waals surface area contributed by atoms with Gasteiger partial charge in [0.1, 0.15) is 6.23 Å². The Bertz CT molecular complexity index is 1220. The number of aliphatic hydroxyl groups is 2. The standard InChI is InChI=1S/C22H21N5O3/c28-20-14-8-27(22(20)30)19-13-5-12-10(6-23-21(12)29)4-16(13)25-18(17(14)19)9-1-2-15-11(3-9)7-24-26-15/h1-5,7,14,17-20,22,25,28,30H,6,8H2,(H,23,29)(H,24,26)/t14?,17-,18-,19+,20-,22?/m0/s1. The van der Waals surface area contributed by atoms with E-state index in [0.29, 0.717) is 18.7 Å². The number of aromatic amines is 1. The van der Waals surface area contributed by atoms with Crippen molar-refractivity contribution >= 4 is 22.5 Å². The molecule has 5 N–H and O–H groups in total. The number of benzene rings is 2. The molecule has 0 radical (unpaired) electrons. The van der Waals surface area contributed by atoms with E-state index in [2.05, 4.69) is 39.0 Å². The van der Waals surface area contributed by atoms with Crippen molar-refractivity contribution in [1.82, 2.24) is 20.4 Å². The number of hydrogen-bond acceptors (Lipinski definition) is 6. The summed E-state index contributed by atoms with van der Waals surface area (Å²) in [5, 5.41) is 36.1. The van der Waals surface area contributed by atoms with Gasteiger partial charge in [-0.2, -0.15) is 5.10 Å². The van der Waals surface area contributed by atoms with Crippen molar-refractivity contribution in [1.29, 1.82) is 0 Å². The molecule has 1 amide bonds. The first-order chi connectivity index (χ1) is 14.6. The number of fused-ring (bicyclic) bond motifs is 9. The maximum absolute atomic E-state index is 12.3. The predicted molar refractivity (Wildman–Crippen MR) is 109 cm³/mol. The van der Waals surface area contributed by atoms with Crippen LogP contribution >= 0.6 is 0 Å². The van der Waals surface area contributed by atoms with Crippen LogP contribution < -0.4 is 10.6 Å². The van der Waals surface area contributed by atoms with Crippen molar-refractivity contribution in [2.45, 2.75) is 31.0 Å². The lowest BCUT2D eigenvalue weighted by molar-refractivity contribution is -0.102. The average molecular weight is 403 g/mol. The highest BCUT2D eigenvalue weighted by atomic mass is 16.3. The minimum Gasteiger partial charge on any atom is -0.389 e. The second-order valence-electron chi connectivity index (χ2n) is 8.91. The van der Waals surface area contributed by atoms with Gasteiger partial charge in [0, 0.05) is 47.6 Å². The maximum atomic E-state index is 12.3. The van der Waals surface area contributed by atoms with Crippen LogP contribution in [0.4, 0.5) is 5.69 Å². The van der Waals surface area contributed by atoms with Crippen LogP contribution in [-0.4, -0.2) is 50.1 Å². The molecule has 0 aliphatic carbocycles. The Hall–Kier alpha value is -2.94. The summed E-state index contributed by atoms with van der Waals surface area (Å²) in [6.45, 7) is 1.18. The summed E-state index contributed by atoms with van der Waals surface area (Å²) in [6.07, 6.45) is 0.175. The molecular weight excluding hydrogens is 382 g/mol. The fourth-order valence-corrected chi connectivity index (χ4v) is 6.16. The smallest absolute Gasteiger partial charge is 0.251 e. The van der Waals surface area contributed by atoms with Gasteiger partial charge in [-0.15, -0.1) is 0 Å². The van der Waals surface area contributed by atoms with Crippen LogP contribution in [0.3, 0.4) is 0 Å². The number of amides is 1. The molecule has 7 rings (SSSR count). The van der Waals surface area contributed by atoms with Crippen molar-refractivity contribution < 1.29 is 15.0 Å². The number of aromatic nitrogens is 2. The number of aliphatic hydroxyl groups excluding tert-OH is 2. The molecule has 2 fully saturated rings. The molecule has 3 unspecified atom stereocenters. The van der Waals surface area contributed by atoms with Gasteiger partial charge in [-0.1, -0.05) is 6.07 Å². The number of carbonyl (C=O) groups excluding carboxylic acids is 1. The van der Waals surface area contributed by atoms with E-state index in [1.807, 2.05) is 23.2 Å². The maximum Gasteiger partial charge on any atom is 0.251 e. The van der Waals surface area contributed by atoms with E-state index in [9.17, 15) is 15.0 Å². The number of nitrogens with zero attached hydrogens (tertiary/aromatic N) is 2. The number of anilines is 1. The monoisotopic (exact) mass is 403 g/mol. The van der Waals surface area contributed by atoms with Crippen molar-refractivity contribution in [3.05, 3.63) is 58.8 Å². The van der Waals surface area contributed by atoms with Crippen LogP contribution in [0.2, 0.25) is 0 Å². The molecule has 2 aromatic carbocycles. The Kier molecular flexibility index (Phi) is 3.14. The highest BCUT2D eigenvalue weighted by molar-refractivity contribution is 5.99. The zero-order valence-corrected chi connectivity index (χ0v) is 16.0. The zero-order chi connectivity index (χ0) is 20.1. The molecule has 8 heteroatoms. The second kappa shape index (κ2) is 5.60. The summed E-state index contributed by atoms with van der Waals surface area (Å²) in [4.78, 5) is 14.3. The number of hydrogen-bond donors (Lipinski definition) is 5. The molecular formula is C22H21N5O3. The third-order valence-electron chi connectivity index (χ3n) is 7.52. The largest absolute Gasteiger partial charge is 0.389 e. The molecule has 152 valence electrons. The molecule has 2 bridgehead atoms. The van der Waals surface area contributed by atoms with Gasteiger partial charge in [-0.3, -0.25) is 14.8 Å². The molecule has 4 aliphatic rings. The number of H-pyrrole nitrogens is 1. The fraction of sp³-hybridized carbons (Fsp3) is 0.364. The van der Waals surface area contributed by atoms with Gasteiger partial charge < -0.3 is 20.8 Å².